The number of nitrogens with zero attached hydrogens (tertiary/aromatic N) is 1. The van der Waals surface area contributed by atoms with Crippen molar-refractivity contribution in [1.82, 2.24) is 10.2 Å². The fourth-order valence-electron chi connectivity index (χ4n) is 2.92. The summed E-state index contributed by atoms with van der Waals surface area (Å²) < 4.78 is 0. The van der Waals surface area contributed by atoms with Gasteiger partial charge in [-0.2, -0.15) is 0 Å². The third-order valence-electron chi connectivity index (χ3n) is 4.16. The van der Waals surface area contributed by atoms with Gasteiger partial charge in [0.05, 0.1) is 0 Å². The topological polar surface area (TPSA) is 66.5 Å². The molecule has 19 heavy (non-hydrogen) atoms. The molecule has 1 aliphatic heterocycles. The molecule has 0 radical (unpaired) electrons. The Bertz CT molecular complexity index is 373. The summed E-state index contributed by atoms with van der Waals surface area (Å²) in [5, 5.41) is 2.27. The standard InChI is InChI=1S/C14H22N2O3/c1-10-13(18)15-12(17)9-16(10)14(19)11-7-5-3-2-4-6-8-11/h10-11H,2-9H2,1H3,(H,15,17,18). The Labute approximate surface area is 113 Å². The number of hydrogen-bond acceptors (Lipinski definition) is 3. The van der Waals surface area contributed by atoms with Gasteiger partial charge in [0.15, 0.2) is 0 Å². The van der Waals surface area contributed by atoms with Crippen LogP contribution in [0.1, 0.15) is 51.9 Å². The van der Waals surface area contributed by atoms with Crippen LogP contribution in [-0.2, 0) is 14.4 Å². The lowest BCUT2D eigenvalue weighted by molar-refractivity contribution is -0.152. The Kier molecular flexibility index (Phi) is 4.56. The third kappa shape index (κ3) is 3.33. The number of nitrogens with one attached hydrogen (secondary N) is 1. The summed E-state index contributed by atoms with van der Waals surface area (Å²) in [5.74, 6) is -0.767. The second kappa shape index (κ2) is 6.17. The molecule has 0 aromatic heterocycles. The SMILES string of the molecule is CC1C(=O)NC(=O)CN1C(=O)C1CCCCCCC1. The second-order valence-corrected chi connectivity index (χ2v) is 5.60. The molecule has 0 aromatic rings. The highest BCUT2D eigenvalue weighted by atomic mass is 16.2. The van der Waals surface area contributed by atoms with Crippen molar-refractivity contribution < 1.29 is 14.4 Å². The minimum atomic E-state index is -0.532. The maximum Gasteiger partial charge on any atom is 0.249 e. The van der Waals surface area contributed by atoms with Gasteiger partial charge in [-0.3, -0.25) is 19.7 Å². The summed E-state index contributed by atoms with van der Waals surface area (Å²) in [7, 11) is 0. The zero-order valence-corrected chi connectivity index (χ0v) is 11.5. The molecule has 0 spiro atoms. The maximum atomic E-state index is 12.5. The number of amides is 3. The van der Waals surface area contributed by atoms with Crippen molar-refractivity contribution in [3.05, 3.63) is 0 Å². The van der Waals surface area contributed by atoms with Crippen LogP contribution in [0.15, 0.2) is 0 Å². The molecule has 2 rings (SSSR count). The quantitative estimate of drug-likeness (QED) is 0.726. The summed E-state index contributed by atoms with van der Waals surface area (Å²) >= 11 is 0. The van der Waals surface area contributed by atoms with E-state index in [2.05, 4.69) is 5.32 Å². The van der Waals surface area contributed by atoms with Gasteiger partial charge >= 0.3 is 0 Å². The van der Waals surface area contributed by atoms with Gasteiger partial charge in [-0.05, 0) is 19.8 Å². The van der Waals surface area contributed by atoms with E-state index in [0.717, 1.165) is 25.7 Å². The molecule has 3 amide bonds. The molecular weight excluding hydrogens is 244 g/mol. The number of carbonyl (C=O) groups excluding carboxylic acids is 3. The highest BCUT2D eigenvalue weighted by Crippen LogP contribution is 2.25. The number of rotatable bonds is 1. The molecule has 1 aliphatic carbocycles. The van der Waals surface area contributed by atoms with Gasteiger partial charge in [0.1, 0.15) is 12.6 Å². The van der Waals surface area contributed by atoms with Crippen LogP contribution in [0.25, 0.3) is 0 Å². The summed E-state index contributed by atoms with van der Waals surface area (Å²) in [6, 6.07) is -0.532. The third-order valence-corrected chi connectivity index (χ3v) is 4.16. The van der Waals surface area contributed by atoms with E-state index >= 15 is 0 Å². The van der Waals surface area contributed by atoms with Crippen molar-refractivity contribution in [3.63, 3.8) is 0 Å². The molecule has 0 aromatic carbocycles. The van der Waals surface area contributed by atoms with Crippen LogP contribution < -0.4 is 5.32 Å². The van der Waals surface area contributed by atoms with Gasteiger partial charge in [0, 0.05) is 5.92 Å². The predicted octanol–water partition coefficient (Wildman–Crippen LogP) is 1.22. The van der Waals surface area contributed by atoms with Gasteiger partial charge in [-0.25, -0.2) is 0 Å². The van der Waals surface area contributed by atoms with Gasteiger partial charge in [-0.1, -0.05) is 32.1 Å². The zero-order chi connectivity index (χ0) is 13.8. The van der Waals surface area contributed by atoms with Crippen molar-refractivity contribution >= 4 is 17.7 Å². The molecule has 1 N–H and O–H groups in total. The first-order valence-electron chi connectivity index (χ1n) is 7.24. The first-order valence-corrected chi connectivity index (χ1v) is 7.24. The van der Waals surface area contributed by atoms with Crippen LogP contribution in [-0.4, -0.2) is 35.2 Å². The number of carbonyl (C=O) groups is 3. The van der Waals surface area contributed by atoms with Gasteiger partial charge in [-0.15, -0.1) is 0 Å². The van der Waals surface area contributed by atoms with Crippen molar-refractivity contribution in [1.29, 1.82) is 0 Å². The average Bonchev–Trinajstić information content (AvgIpc) is 2.32. The van der Waals surface area contributed by atoms with Gasteiger partial charge in [0.2, 0.25) is 17.7 Å². The molecule has 0 bridgehead atoms. The fourth-order valence-corrected chi connectivity index (χ4v) is 2.92. The first-order chi connectivity index (χ1) is 9.09. The summed E-state index contributed by atoms with van der Waals surface area (Å²) in [5.41, 5.74) is 0. The minimum Gasteiger partial charge on any atom is -0.321 e. The molecule has 106 valence electrons. The molecule has 5 nitrogen and oxygen atoms in total. The molecule has 1 saturated carbocycles. The number of piperazine rings is 1. The van der Waals surface area contributed by atoms with Crippen molar-refractivity contribution in [3.8, 4) is 0 Å². The zero-order valence-electron chi connectivity index (χ0n) is 11.5. The van der Waals surface area contributed by atoms with Crippen LogP contribution >= 0.6 is 0 Å². The monoisotopic (exact) mass is 266 g/mol. The summed E-state index contributed by atoms with van der Waals surface area (Å²) in [4.78, 5) is 37.0. The van der Waals surface area contributed by atoms with E-state index in [1.165, 1.54) is 24.2 Å². The molecule has 1 saturated heterocycles. The van der Waals surface area contributed by atoms with E-state index in [1.807, 2.05) is 0 Å². The van der Waals surface area contributed by atoms with E-state index in [1.54, 1.807) is 6.92 Å². The normalized spacial score (nSPS) is 26.6. The van der Waals surface area contributed by atoms with Gasteiger partial charge in [0.25, 0.3) is 0 Å². The Hall–Kier alpha value is -1.39. The van der Waals surface area contributed by atoms with Crippen molar-refractivity contribution in [2.24, 2.45) is 5.92 Å². The highest BCUT2D eigenvalue weighted by Gasteiger charge is 2.36. The molecule has 1 heterocycles. The largest absolute Gasteiger partial charge is 0.321 e. The summed E-state index contributed by atoms with van der Waals surface area (Å²) in [6.07, 6.45) is 7.52. The van der Waals surface area contributed by atoms with E-state index in [0.29, 0.717) is 0 Å². The molecular formula is C14H22N2O3. The molecule has 1 atom stereocenters. The van der Waals surface area contributed by atoms with Crippen LogP contribution in [0.4, 0.5) is 0 Å². The number of imide groups is 1. The summed E-state index contributed by atoms with van der Waals surface area (Å²) in [6.45, 7) is 1.70. The lowest BCUT2D eigenvalue weighted by atomic mass is 9.89. The lowest BCUT2D eigenvalue weighted by Gasteiger charge is -2.34. The highest BCUT2D eigenvalue weighted by molar-refractivity contribution is 6.04. The van der Waals surface area contributed by atoms with E-state index < -0.39 is 6.04 Å². The van der Waals surface area contributed by atoms with Crippen molar-refractivity contribution in [2.75, 3.05) is 6.54 Å². The van der Waals surface area contributed by atoms with E-state index in [9.17, 15) is 14.4 Å². The van der Waals surface area contributed by atoms with Crippen LogP contribution in [0, 0.1) is 5.92 Å². The number of hydrogen-bond donors (Lipinski definition) is 1. The van der Waals surface area contributed by atoms with Crippen LogP contribution in [0.2, 0.25) is 0 Å². The van der Waals surface area contributed by atoms with E-state index in [-0.39, 0.29) is 30.2 Å². The fraction of sp³-hybridized carbons (Fsp3) is 0.786. The Balaban J connectivity index is 2.03. The second-order valence-electron chi connectivity index (χ2n) is 5.60. The van der Waals surface area contributed by atoms with Gasteiger partial charge < -0.3 is 4.90 Å². The first kappa shape index (κ1) is 14.0. The smallest absolute Gasteiger partial charge is 0.249 e. The Morgan fingerprint density at radius 3 is 2.32 bits per heavy atom. The Morgan fingerprint density at radius 2 is 1.68 bits per heavy atom. The Morgan fingerprint density at radius 1 is 1.11 bits per heavy atom. The van der Waals surface area contributed by atoms with Crippen LogP contribution in [0.5, 0.6) is 0 Å². The van der Waals surface area contributed by atoms with Crippen molar-refractivity contribution in [2.45, 2.75) is 57.9 Å². The molecule has 2 fully saturated rings. The van der Waals surface area contributed by atoms with E-state index in [4.69, 9.17) is 0 Å². The molecule has 5 heteroatoms. The minimum absolute atomic E-state index is 0.0125. The predicted molar refractivity (Wildman–Crippen MR) is 70.1 cm³/mol. The average molecular weight is 266 g/mol. The molecule has 1 unspecified atom stereocenters. The lowest BCUT2D eigenvalue weighted by Crippen LogP contribution is -2.59. The maximum absolute atomic E-state index is 12.5. The molecule has 2 aliphatic rings. The van der Waals surface area contributed by atoms with Crippen LogP contribution in [0.3, 0.4) is 0 Å².